The molecule has 0 saturated carbocycles. The predicted molar refractivity (Wildman–Crippen MR) is 98.3 cm³/mol. The number of fused-ring (bicyclic) bond motifs is 1. The molecule has 2 aliphatic heterocycles. The maximum absolute atomic E-state index is 12.8. The predicted octanol–water partition coefficient (Wildman–Crippen LogP) is 1.76. The van der Waals surface area contributed by atoms with E-state index < -0.39 is 0 Å². The van der Waals surface area contributed by atoms with Crippen LogP contribution >= 0.6 is 0 Å². The Morgan fingerprint density at radius 3 is 3.00 bits per heavy atom. The minimum Gasteiger partial charge on any atom is -0.375 e. The number of aromatic nitrogens is 3. The topological polar surface area (TPSA) is 75.0 Å². The molecule has 8 heteroatoms. The fraction of sp³-hybridized carbons (Fsp3) is 0.611. The Morgan fingerprint density at radius 2 is 2.15 bits per heavy atom. The first-order valence-electron chi connectivity index (χ1n) is 9.41. The number of rotatable bonds is 3. The Bertz CT molecular complexity index is 770. The Labute approximate surface area is 153 Å². The molecule has 2 fully saturated rings. The van der Waals surface area contributed by atoms with Crippen LogP contribution < -0.4 is 5.32 Å². The quantitative estimate of drug-likeness (QED) is 0.905. The van der Waals surface area contributed by atoms with Crippen LogP contribution in [0.1, 0.15) is 25.1 Å². The van der Waals surface area contributed by atoms with E-state index in [9.17, 15) is 4.79 Å². The summed E-state index contributed by atoms with van der Waals surface area (Å²) in [7, 11) is 0. The lowest BCUT2D eigenvalue weighted by atomic mass is 10.3. The molecule has 0 bridgehead atoms. The number of hydrogen-bond donors (Lipinski definition) is 1. The van der Waals surface area contributed by atoms with Crippen molar-refractivity contribution in [3.05, 3.63) is 24.2 Å². The lowest BCUT2D eigenvalue weighted by Crippen LogP contribution is -2.43. The molecule has 26 heavy (non-hydrogen) atoms. The molecule has 2 saturated heterocycles. The fourth-order valence-electron chi connectivity index (χ4n) is 3.75. The van der Waals surface area contributed by atoms with E-state index in [1.165, 1.54) is 12.8 Å². The Morgan fingerprint density at radius 1 is 1.31 bits per heavy atom. The van der Waals surface area contributed by atoms with Gasteiger partial charge >= 0.3 is 6.03 Å². The van der Waals surface area contributed by atoms with Crippen LogP contribution in [0.3, 0.4) is 0 Å². The van der Waals surface area contributed by atoms with Gasteiger partial charge in [0.15, 0.2) is 5.65 Å². The molecule has 0 radical (unpaired) electrons. The second kappa shape index (κ2) is 7.59. The zero-order valence-electron chi connectivity index (χ0n) is 15.2. The van der Waals surface area contributed by atoms with Crippen LogP contribution in [0.5, 0.6) is 0 Å². The number of nitrogens with zero attached hydrogens (tertiary/aromatic N) is 5. The highest BCUT2D eigenvalue weighted by atomic mass is 16.5. The fourth-order valence-corrected chi connectivity index (χ4v) is 3.75. The third-order valence-corrected chi connectivity index (χ3v) is 5.01. The van der Waals surface area contributed by atoms with Gasteiger partial charge in [-0.25, -0.2) is 14.3 Å². The smallest absolute Gasteiger partial charge is 0.322 e. The first kappa shape index (κ1) is 17.2. The van der Waals surface area contributed by atoms with Crippen molar-refractivity contribution >= 4 is 17.4 Å². The number of likely N-dealkylation sites (tertiary alicyclic amines) is 1. The number of hydrogen-bond acceptors (Lipinski definition) is 5. The number of nitrogens with one attached hydrogen (secondary N) is 1. The molecular formula is C18H26N6O2. The van der Waals surface area contributed by atoms with E-state index in [1.807, 2.05) is 30.2 Å². The van der Waals surface area contributed by atoms with Gasteiger partial charge in [-0.2, -0.15) is 5.10 Å². The van der Waals surface area contributed by atoms with Crippen LogP contribution in [-0.4, -0.2) is 75.9 Å². The lowest BCUT2D eigenvalue weighted by molar-refractivity contribution is 0.0355. The molecule has 140 valence electrons. The highest BCUT2D eigenvalue weighted by Crippen LogP contribution is 2.17. The normalized spacial score (nSPS) is 21.9. The van der Waals surface area contributed by atoms with Gasteiger partial charge in [0, 0.05) is 32.4 Å². The van der Waals surface area contributed by atoms with Crippen molar-refractivity contribution in [1.82, 2.24) is 24.4 Å². The molecular weight excluding hydrogens is 332 g/mol. The van der Waals surface area contributed by atoms with Crippen molar-refractivity contribution in [3.63, 3.8) is 0 Å². The highest BCUT2D eigenvalue weighted by molar-refractivity contribution is 5.93. The summed E-state index contributed by atoms with van der Waals surface area (Å²) in [5.41, 5.74) is 1.34. The van der Waals surface area contributed by atoms with Crippen molar-refractivity contribution in [1.29, 1.82) is 0 Å². The van der Waals surface area contributed by atoms with Gasteiger partial charge in [0.2, 0.25) is 0 Å². The second-order valence-corrected chi connectivity index (χ2v) is 7.08. The van der Waals surface area contributed by atoms with Crippen LogP contribution in [0, 0.1) is 6.92 Å². The van der Waals surface area contributed by atoms with Gasteiger partial charge < -0.3 is 19.9 Å². The number of pyridine rings is 1. The highest BCUT2D eigenvalue weighted by Gasteiger charge is 2.25. The first-order chi connectivity index (χ1) is 12.7. The van der Waals surface area contributed by atoms with Gasteiger partial charge in [-0.15, -0.1) is 0 Å². The zero-order valence-corrected chi connectivity index (χ0v) is 15.2. The van der Waals surface area contributed by atoms with E-state index >= 15 is 0 Å². The van der Waals surface area contributed by atoms with Crippen molar-refractivity contribution in [2.24, 2.45) is 0 Å². The zero-order chi connectivity index (χ0) is 17.9. The number of carbonyl (C=O) groups is 1. The summed E-state index contributed by atoms with van der Waals surface area (Å²) < 4.78 is 7.67. The van der Waals surface area contributed by atoms with Crippen LogP contribution in [0.25, 0.3) is 5.65 Å². The molecule has 0 aromatic carbocycles. The third-order valence-electron chi connectivity index (χ3n) is 5.01. The van der Waals surface area contributed by atoms with Gasteiger partial charge in [0.1, 0.15) is 5.82 Å². The average Bonchev–Trinajstić information content (AvgIpc) is 3.19. The van der Waals surface area contributed by atoms with Gasteiger partial charge in [0.05, 0.1) is 11.8 Å². The third kappa shape index (κ3) is 3.81. The molecule has 0 aliphatic carbocycles. The van der Waals surface area contributed by atoms with E-state index in [-0.39, 0.29) is 12.1 Å². The van der Waals surface area contributed by atoms with E-state index in [1.54, 1.807) is 4.52 Å². The molecule has 8 nitrogen and oxygen atoms in total. The molecule has 2 aliphatic rings. The van der Waals surface area contributed by atoms with Gasteiger partial charge in [-0.05, 0) is 51.4 Å². The van der Waals surface area contributed by atoms with Crippen molar-refractivity contribution in [2.45, 2.75) is 32.3 Å². The van der Waals surface area contributed by atoms with Gasteiger partial charge in [0.25, 0.3) is 0 Å². The van der Waals surface area contributed by atoms with Gasteiger partial charge in [-0.3, -0.25) is 0 Å². The maximum Gasteiger partial charge on any atom is 0.322 e. The number of carbonyl (C=O) groups excluding carboxylic acids is 1. The minimum atomic E-state index is -0.101. The summed E-state index contributed by atoms with van der Waals surface area (Å²) in [5, 5.41) is 7.30. The molecule has 2 amide bonds. The molecule has 2 aromatic heterocycles. The molecule has 4 rings (SSSR count). The van der Waals surface area contributed by atoms with E-state index in [0.717, 1.165) is 26.1 Å². The number of amides is 2. The standard InChI is InChI=1S/C18H26N6O2/c1-14-19-17-16(6-4-10-24(17)21-14)20-18(25)23-9-5-11-26-15(13-23)12-22-7-2-3-8-22/h4,6,10,15H,2-3,5,7-9,11-13H2,1H3,(H,20,25). The average molecular weight is 358 g/mol. The van der Waals surface area contributed by atoms with Crippen LogP contribution in [0.4, 0.5) is 10.5 Å². The van der Waals surface area contributed by atoms with Crippen molar-refractivity contribution in [3.8, 4) is 0 Å². The van der Waals surface area contributed by atoms with Crippen molar-refractivity contribution in [2.75, 3.05) is 44.6 Å². The van der Waals surface area contributed by atoms with Crippen LogP contribution in [-0.2, 0) is 4.74 Å². The Kier molecular flexibility index (Phi) is 5.03. The lowest BCUT2D eigenvalue weighted by Gasteiger charge is -2.27. The number of anilines is 1. The van der Waals surface area contributed by atoms with Crippen LogP contribution in [0.15, 0.2) is 18.3 Å². The molecule has 2 aromatic rings. The SMILES string of the molecule is Cc1nc2c(NC(=O)N3CCCOC(CN4CCCC4)C3)cccn2n1. The summed E-state index contributed by atoms with van der Waals surface area (Å²) >= 11 is 0. The van der Waals surface area contributed by atoms with E-state index in [2.05, 4.69) is 20.3 Å². The molecule has 4 heterocycles. The van der Waals surface area contributed by atoms with E-state index in [4.69, 9.17) is 4.74 Å². The number of urea groups is 1. The number of aryl methyl sites for hydroxylation is 1. The first-order valence-corrected chi connectivity index (χ1v) is 9.41. The molecule has 0 spiro atoms. The van der Waals surface area contributed by atoms with Crippen LogP contribution in [0.2, 0.25) is 0 Å². The van der Waals surface area contributed by atoms with E-state index in [0.29, 0.717) is 36.9 Å². The molecule has 1 atom stereocenters. The maximum atomic E-state index is 12.8. The summed E-state index contributed by atoms with van der Waals surface area (Å²) in [6.07, 6.45) is 5.29. The Balaban J connectivity index is 1.43. The summed E-state index contributed by atoms with van der Waals surface area (Å²) in [5.74, 6) is 0.681. The van der Waals surface area contributed by atoms with Crippen molar-refractivity contribution < 1.29 is 9.53 Å². The Hall–Kier alpha value is -2.19. The second-order valence-electron chi connectivity index (χ2n) is 7.08. The minimum absolute atomic E-state index is 0.0764. The van der Waals surface area contributed by atoms with Gasteiger partial charge in [-0.1, -0.05) is 0 Å². The molecule has 1 unspecified atom stereocenters. The molecule has 1 N–H and O–H groups in total. The summed E-state index contributed by atoms with van der Waals surface area (Å²) in [6, 6.07) is 3.62. The summed E-state index contributed by atoms with van der Waals surface area (Å²) in [6.45, 7) is 7.06. The number of ether oxygens (including phenoxy) is 1. The largest absolute Gasteiger partial charge is 0.375 e. The summed E-state index contributed by atoms with van der Waals surface area (Å²) in [4.78, 5) is 21.5. The monoisotopic (exact) mass is 358 g/mol.